The first-order valence-electron chi connectivity index (χ1n) is 8.42. The van der Waals surface area contributed by atoms with Gasteiger partial charge in [-0.1, -0.05) is 12.8 Å². The molecule has 0 radical (unpaired) electrons. The van der Waals surface area contributed by atoms with Gasteiger partial charge < -0.3 is 10.1 Å². The summed E-state index contributed by atoms with van der Waals surface area (Å²) in [5, 5.41) is 13.8. The molecule has 0 atom stereocenters. The molecule has 1 aromatic rings. The van der Waals surface area contributed by atoms with Crippen LogP contribution in [0.3, 0.4) is 0 Å². The van der Waals surface area contributed by atoms with Gasteiger partial charge in [-0.05, 0) is 38.3 Å². The Morgan fingerprint density at radius 3 is 2.46 bits per heavy atom. The van der Waals surface area contributed by atoms with Gasteiger partial charge in [0.25, 0.3) is 5.69 Å². The molecule has 0 fully saturated rings. The standard InChI is InChI=1S/C17H23F3N2O4/c1-3-26-16(23)8-6-4-5-7-9-21-14-11-13(17(18,19)20)12(2)10-15(14)22(24)25/h10-11,21H,3-9H2,1-2H3. The van der Waals surface area contributed by atoms with Crippen molar-refractivity contribution >= 4 is 17.3 Å². The smallest absolute Gasteiger partial charge is 0.416 e. The van der Waals surface area contributed by atoms with Crippen molar-refractivity contribution in [3.05, 3.63) is 33.4 Å². The van der Waals surface area contributed by atoms with Crippen LogP contribution < -0.4 is 5.32 Å². The van der Waals surface area contributed by atoms with Crippen LogP contribution in [-0.4, -0.2) is 24.0 Å². The maximum Gasteiger partial charge on any atom is 0.416 e. The fourth-order valence-corrected chi connectivity index (χ4v) is 2.49. The zero-order valence-corrected chi connectivity index (χ0v) is 14.8. The molecular formula is C17H23F3N2O4. The normalized spacial score (nSPS) is 11.3. The van der Waals surface area contributed by atoms with Crippen molar-refractivity contribution < 1.29 is 27.6 Å². The molecule has 146 valence electrons. The van der Waals surface area contributed by atoms with Crippen LogP contribution >= 0.6 is 0 Å². The Bertz CT molecular complexity index is 633. The van der Waals surface area contributed by atoms with Gasteiger partial charge in [0.15, 0.2) is 0 Å². The first-order chi connectivity index (χ1) is 12.2. The minimum Gasteiger partial charge on any atom is -0.466 e. The largest absolute Gasteiger partial charge is 0.466 e. The lowest BCUT2D eigenvalue weighted by Gasteiger charge is -2.14. The van der Waals surface area contributed by atoms with Gasteiger partial charge in [-0.15, -0.1) is 0 Å². The van der Waals surface area contributed by atoms with E-state index < -0.39 is 16.7 Å². The van der Waals surface area contributed by atoms with Crippen molar-refractivity contribution in [2.24, 2.45) is 0 Å². The number of esters is 1. The van der Waals surface area contributed by atoms with Gasteiger partial charge in [0.2, 0.25) is 0 Å². The summed E-state index contributed by atoms with van der Waals surface area (Å²) in [4.78, 5) is 21.5. The van der Waals surface area contributed by atoms with Gasteiger partial charge in [-0.2, -0.15) is 13.2 Å². The summed E-state index contributed by atoms with van der Waals surface area (Å²) >= 11 is 0. The average Bonchev–Trinajstić information content (AvgIpc) is 2.53. The second-order valence-electron chi connectivity index (χ2n) is 5.84. The summed E-state index contributed by atoms with van der Waals surface area (Å²) in [5.41, 5.74) is -1.59. The molecule has 0 spiro atoms. The second kappa shape index (κ2) is 9.98. The fraction of sp³-hybridized carbons (Fsp3) is 0.588. The molecule has 9 heteroatoms. The molecule has 1 rings (SSSR count). The van der Waals surface area contributed by atoms with E-state index >= 15 is 0 Å². The van der Waals surface area contributed by atoms with E-state index in [1.54, 1.807) is 6.92 Å². The van der Waals surface area contributed by atoms with Crippen LogP contribution in [0.5, 0.6) is 0 Å². The number of carbonyl (C=O) groups is 1. The Kier molecular flexibility index (Phi) is 8.34. The van der Waals surface area contributed by atoms with E-state index in [1.165, 1.54) is 6.92 Å². The number of hydrogen-bond donors (Lipinski definition) is 1. The van der Waals surface area contributed by atoms with Crippen LogP contribution in [0.2, 0.25) is 0 Å². The molecule has 6 nitrogen and oxygen atoms in total. The molecule has 0 bridgehead atoms. The fourth-order valence-electron chi connectivity index (χ4n) is 2.49. The number of nitrogens with one attached hydrogen (secondary N) is 1. The predicted octanol–water partition coefficient (Wildman–Crippen LogP) is 4.85. The van der Waals surface area contributed by atoms with Gasteiger partial charge >= 0.3 is 12.1 Å². The van der Waals surface area contributed by atoms with E-state index in [-0.39, 0.29) is 22.9 Å². The first kappa shape index (κ1) is 21.7. The zero-order chi connectivity index (χ0) is 19.7. The van der Waals surface area contributed by atoms with E-state index in [9.17, 15) is 28.1 Å². The number of nitro groups is 1. The number of unbranched alkanes of at least 4 members (excludes halogenated alkanes) is 3. The quantitative estimate of drug-likeness (QED) is 0.273. The Morgan fingerprint density at radius 1 is 1.23 bits per heavy atom. The van der Waals surface area contributed by atoms with E-state index in [0.717, 1.165) is 25.0 Å². The van der Waals surface area contributed by atoms with Gasteiger partial charge in [0.05, 0.1) is 17.1 Å². The van der Waals surface area contributed by atoms with Crippen LogP contribution in [0.4, 0.5) is 24.5 Å². The minimum atomic E-state index is -4.57. The monoisotopic (exact) mass is 376 g/mol. The first-order valence-corrected chi connectivity index (χ1v) is 8.42. The third-order valence-electron chi connectivity index (χ3n) is 3.77. The molecule has 0 aliphatic heterocycles. The Balaban J connectivity index is 2.56. The molecule has 0 aliphatic carbocycles. The molecule has 0 saturated carbocycles. The van der Waals surface area contributed by atoms with Crippen LogP contribution in [0, 0.1) is 17.0 Å². The molecule has 0 unspecified atom stereocenters. The molecule has 0 aromatic heterocycles. The van der Waals surface area contributed by atoms with Crippen molar-refractivity contribution in [3.63, 3.8) is 0 Å². The highest BCUT2D eigenvalue weighted by Gasteiger charge is 2.34. The molecule has 0 aliphatic rings. The number of benzene rings is 1. The SMILES string of the molecule is CCOC(=O)CCCCCCNc1cc(C(F)(F)F)c(C)cc1[N+](=O)[O-]. The summed E-state index contributed by atoms with van der Waals surface area (Å²) in [6, 6.07) is 1.72. The summed E-state index contributed by atoms with van der Waals surface area (Å²) in [5.74, 6) is -0.249. The lowest BCUT2D eigenvalue weighted by atomic mass is 10.1. The van der Waals surface area contributed by atoms with Crippen molar-refractivity contribution in [1.82, 2.24) is 0 Å². The van der Waals surface area contributed by atoms with E-state index in [2.05, 4.69) is 5.32 Å². The molecule has 26 heavy (non-hydrogen) atoms. The number of alkyl halides is 3. The predicted molar refractivity (Wildman–Crippen MR) is 91.0 cm³/mol. The van der Waals surface area contributed by atoms with E-state index in [4.69, 9.17) is 4.74 Å². The van der Waals surface area contributed by atoms with Gasteiger partial charge in [0.1, 0.15) is 5.69 Å². The third-order valence-corrected chi connectivity index (χ3v) is 3.77. The number of nitrogens with zero attached hydrogens (tertiary/aromatic N) is 1. The van der Waals surface area contributed by atoms with Crippen molar-refractivity contribution in [1.29, 1.82) is 0 Å². The molecule has 1 N–H and O–H groups in total. The average molecular weight is 376 g/mol. The number of halogens is 3. The lowest BCUT2D eigenvalue weighted by Crippen LogP contribution is -2.11. The number of carbonyl (C=O) groups excluding carboxylic acids is 1. The van der Waals surface area contributed by atoms with Crippen molar-refractivity contribution in [3.8, 4) is 0 Å². The molecule has 0 saturated heterocycles. The molecular weight excluding hydrogens is 353 g/mol. The lowest BCUT2D eigenvalue weighted by molar-refractivity contribution is -0.384. The minimum absolute atomic E-state index is 0.139. The maximum atomic E-state index is 13.0. The highest BCUT2D eigenvalue weighted by Crippen LogP contribution is 2.37. The summed E-state index contributed by atoms with van der Waals surface area (Å²) in [6.45, 7) is 3.58. The van der Waals surface area contributed by atoms with E-state index in [1.807, 2.05) is 0 Å². The van der Waals surface area contributed by atoms with Gasteiger partial charge in [0, 0.05) is 19.0 Å². The van der Waals surface area contributed by atoms with Gasteiger partial charge in [-0.3, -0.25) is 14.9 Å². The number of anilines is 1. The number of ether oxygens (including phenoxy) is 1. The molecule has 1 aromatic carbocycles. The van der Waals surface area contributed by atoms with Crippen LogP contribution in [-0.2, 0) is 15.7 Å². The van der Waals surface area contributed by atoms with Crippen LogP contribution in [0.15, 0.2) is 12.1 Å². The number of nitro benzene ring substituents is 1. The Labute approximate surface area is 149 Å². The number of aryl methyl sites for hydroxylation is 1. The highest BCUT2D eigenvalue weighted by molar-refractivity contribution is 5.69. The van der Waals surface area contributed by atoms with Crippen molar-refractivity contribution in [2.45, 2.75) is 52.1 Å². The summed E-state index contributed by atoms with van der Waals surface area (Å²) in [6.07, 6.45) is -1.43. The molecule has 0 amide bonds. The van der Waals surface area contributed by atoms with Crippen LogP contribution in [0.25, 0.3) is 0 Å². The molecule has 0 heterocycles. The second-order valence-corrected chi connectivity index (χ2v) is 5.84. The highest BCUT2D eigenvalue weighted by atomic mass is 19.4. The maximum absolute atomic E-state index is 13.0. The summed E-state index contributed by atoms with van der Waals surface area (Å²) in [7, 11) is 0. The Morgan fingerprint density at radius 2 is 1.88 bits per heavy atom. The Hall–Kier alpha value is -2.32. The topological polar surface area (TPSA) is 81.5 Å². The van der Waals surface area contributed by atoms with Crippen LogP contribution in [0.1, 0.15) is 50.2 Å². The summed E-state index contributed by atoms with van der Waals surface area (Å²) < 4.78 is 43.7. The zero-order valence-electron chi connectivity index (χ0n) is 14.8. The van der Waals surface area contributed by atoms with Gasteiger partial charge in [-0.25, -0.2) is 0 Å². The number of rotatable bonds is 10. The van der Waals surface area contributed by atoms with E-state index in [0.29, 0.717) is 32.4 Å². The third kappa shape index (κ3) is 6.89. The number of hydrogen-bond acceptors (Lipinski definition) is 5. The van der Waals surface area contributed by atoms with Crippen molar-refractivity contribution in [2.75, 3.05) is 18.5 Å².